The van der Waals surface area contributed by atoms with Crippen molar-refractivity contribution in [2.45, 2.75) is 114 Å². The van der Waals surface area contributed by atoms with E-state index in [1.807, 2.05) is 17.8 Å². The summed E-state index contributed by atoms with van der Waals surface area (Å²) < 4.78 is 34.5. The van der Waals surface area contributed by atoms with Crippen LogP contribution in [0.25, 0.3) is 10.9 Å². The zero-order chi connectivity index (χ0) is 31.9. The van der Waals surface area contributed by atoms with Crippen LogP contribution in [0.15, 0.2) is 54.7 Å². The molecule has 3 aromatic rings. The van der Waals surface area contributed by atoms with E-state index in [1.165, 1.54) is 16.6 Å². The zero-order valence-electron chi connectivity index (χ0n) is 28.4. The summed E-state index contributed by atoms with van der Waals surface area (Å²) in [5.74, 6) is 0.905. The van der Waals surface area contributed by atoms with E-state index in [4.69, 9.17) is 23.7 Å². The summed E-state index contributed by atoms with van der Waals surface area (Å²) in [7, 11) is 1.73. The van der Waals surface area contributed by atoms with Gasteiger partial charge in [-0.2, -0.15) is 0 Å². The van der Waals surface area contributed by atoms with Gasteiger partial charge < -0.3 is 28.3 Å². The number of fused-ring (bicyclic) bond motifs is 1. The van der Waals surface area contributed by atoms with E-state index in [1.54, 1.807) is 7.11 Å². The third-order valence-electron chi connectivity index (χ3n) is 8.61. The molecule has 2 aromatic carbocycles. The molecule has 1 aliphatic heterocycles. The molecule has 1 fully saturated rings. The number of aromatic nitrogens is 1. The first-order valence-corrected chi connectivity index (χ1v) is 18.4. The first kappa shape index (κ1) is 35.8. The Labute approximate surface area is 276 Å². The van der Waals surface area contributed by atoms with Gasteiger partial charge in [-0.1, -0.05) is 83.7 Å². The first-order valence-electron chi connectivity index (χ1n) is 17.4. The molecule has 1 aromatic heterocycles. The monoisotopic (exact) mass is 639 g/mol. The summed E-state index contributed by atoms with van der Waals surface area (Å²) in [4.78, 5) is 0. The molecular formula is C38H57NO5S. The van der Waals surface area contributed by atoms with Gasteiger partial charge in [0.1, 0.15) is 24.1 Å². The Morgan fingerprint density at radius 1 is 0.711 bits per heavy atom. The van der Waals surface area contributed by atoms with Gasteiger partial charge in [0.15, 0.2) is 0 Å². The second-order valence-corrected chi connectivity index (χ2v) is 13.6. The minimum atomic E-state index is -0.152. The van der Waals surface area contributed by atoms with Crippen LogP contribution < -0.4 is 4.74 Å². The third kappa shape index (κ3) is 9.98. The van der Waals surface area contributed by atoms with E-state index in [2.05, 4.69) is 80.9 Å². The summed E-state index contributed by atoms with van der Waals surface area (Å²) >= 11 is 1.96. The molecule has 0 unspecified atom stereocenters. The maximum absolute atomic E-state index is 6.80. The number of methoxy groups -OCH3 is 1. The maximum Gasteiger partial charge on any atom is 0.128 e. The standard InChI is InChI=1S/C38H57NO5S/c1-6-10-22-41-28-34-35(42-23-11-7-2)36(43-24-12-8-3)37(44-25-13-9-4)38(45-34)30-17-14-16-29(26-30)27-39-21-20-31-32(39)18-15-19-33(31)40-5/h14-21,26,34-38H,6-13,22-25,27-28H2,1-5H3/t34-,35-,36+,37-,38+/m1/s1. The van der Waals surface area contributed by atoms with Crippen LogP contribution in [0.4, 0.5) is 0 Å². The molecule has 0 bridgehead atoms. The lowest BCUT2D eigenvalue weighted by atomic mass is 9.95. The van der Waals surface area contributed by atoms with Gasteiger partial charge in [-0.3, -0.25) is 0 Å². The number of rotatable bonds is 21. The molecular weight excluding hydrogens is 582 g/mol. The fraction of sp³-hybridized carbons (Fsp3) is 0.632. The maximum atomic E-state index is 6.80. The lowest BCUT2D eigenvalue weighted by Crippen LogP contribution is -2.55. The van der Waals surface area contributed by atoms with Crippen LogP contribution in [0.2, 0.25) is 0 Å². The molecule has 0 N–H and O–H groups in total. The van der Waals surface area contributed by atoms with Crippen LogP contribution in [-0.4, -0.2) is 68.3 Å². The van der Waals surface area contributed by atoms with Gasteiger partial charge in [0, 0.05) is 44.6 Å². The van der Waals surface area contributed by atoms with Gasteiger partial charge in [-0.25, -0.2) is 0 Å². The van der Waals surface area contributed by atoms with Crippen molar-refractivity contribution in [1.29, 1.82) is 0 Å². The summed E-state index contributed by atoms with van der Waals surface area (Å²) in [5, 5.41) is 1.40. The van der Waals surface area contributed by atoms with Gasteiger partial charge in [0.2, 0.25) is 0 Å². The highest BCUT2D eigenvalue weighted by Crippen LogP contribution is 2.47. The van der Waals surface area contributed by atoms with Crippen molar-refractivity contribution in [1.82, 2.24) is 4.57 Å². The largest absolute Gasteiger partial charge is 0.496 e. The summed E-state index contributed by atoms with van der Waals surface area (Å²) in [6.07, 6.45) is 10.4. The highest BCUT2D eigenvalue weighted by atomic mass is 32.2. The molecule has 6 nitrogen and oxygen atoms in total. The normalized spacial score (nSPS) is 21.8. The Bertz CT molecular complexity index is 1250. The van der Waals surface area contributed by atoms with Gasteiger partial charge in [-0.05, 0) is 55.0 Å². The second kappa shape index (κ2) is 19.6. The van der Waals surface area contributed by atoms with E-state index < -0.39 is 0 Å². The first-order chi connectivity index (χ1) is 22.1. The predicted molar refractivity (Wildman–Crippen MR) is 188 cm³/mol. The molecule has 0 aliphatic carbocycles. The van der Waals surface area contributed by atoms with Crippen molar-refractivity contribution < 1.29 is 23.7 Å². The van der Waals surface area contributed by atoms with E-state index >= 15 is 0 Å². The molecule has 0 saturated carbocycles. The second-order valence-electron chi connectivity index (χ2n) is 12.2. The van der Waals surface area contributed by atoms with Gasteiger partial charge >= 0.3 is 0 Å². The van der Waals surface area contributed by atoms with Gasteiger partial charge in [-0.15, -0.1) is 11.8 Å². The SMILES string of the molecule is CCCCOC[C@H]1S[C@@H](c2cccc(Cn3ccc4c(OC)cccc43)c2)[C@H](OCCCC)[C@@H](OCCCC)[C@@H]1OCCCC. The number of hydrogen-bond acceptors (Lipinski definition) is 6. The van der Waals surface area contributed by atoms with Gasteiger partial charge in [0.25, 0.3) is 0 Å². The molecule has 7 heteroatoms. The summed E-state index contributed by atoms with van der Waals surface area (Å²) in [5.41, 5.74) is 3.72. The molecule has 0 spiro atoms. The molecule has 5 atom stereocenters. The Morgan fingerprint density at radius 2 is 1.36 bits per heavy atom. The predicted octanol–water partition coefficient (Wildman–Crippen LogP) is 9.23. The molecule has 0 radical (unpaired) electrons. The van der Waals surface area contributed by atoms with Crippen molar-refractivity contribution in [3.63, 3.8) is 0 Å². The summed E-state index contributed by atoms with van der Waals surface area (Å²) in [6, 6.07) is 17.5. The van der Waals surface area contributed by atoms with Crippen molar-refractivity contribution in [3.05, 3.63) is 65.9 Å². The van der Waals surface area contributed by atoms with E-state index in [-0.39, 0.29) is 28.8 Å². The number of ether oxygens (including phenoxy) is 5. The van der Waals surface area contributed by atoms with Crippen LogP contribution in [-0.2, 0) is 25.5 Å². The number of benzene rings is 2. The van der Waals surface area contributed by atoms with Crippen molar-refractivity contribution >= 4 is 22.7 Å². The Balaban J connectivity index is 1.66. The lowest BCUT2D eigenvalue weighted by molar-refractivity contribution is -0.149. The molecule has 2 heterocycles. The number of nitrogens with zero attached hydrogens (tertiary/aromatic N) is 1. The fourth-order valence-corrected chi connectivity index (χ4v) is 7.64. The van der Waals surface area contributed by atoms with E-state index in [0.29, 0.717) is 13.2 Å². The highest BCUT2D eigenvalue weighted by Gasteiger charge is 2.48. The van der Waals surface area contributed by atoms with E-state index in [0.717, 1.165) is 88.9 Å². The van der Waals surface area contributed by atoms with Crippen LogP contribution in [0, 0.1) is 0 Å². The minimum absolute atomic E-state index is 0.0766. The number of thioether (sulfide) groups is 1. The molecule has 1 aliphatic rings. The quantitative estimate of drug-likeness (QED) is 0.108. The zero-order valence-corrected chi connectivity index (χ0v) is 29.2. The smallest absolute Gasteiger partial charge is 0.128 e. The molecule has 0 amide bonds. The van der Waals surface area contributed by atoms with Gasteiger partial charge in [0.05, 0.1) is 29.7 Å². The van der Waals surface area contributed by atoms with Crippen LogP contribution >= 0.6 is 11.8 Å². The van der Waals surface area contributed by atoms with Crippen molar-refractivity contribution in [2.75, 3.05) is 40.1 Å². The average molecular weight is 640 g/mol. The highest BCUT2D eigenvalue weighted by molar-refractivity contribution is 8.00. The Morgan fingerprint density at radius 3 is 2.04 bits per heavy atom. The lowest BCUT2D eigenvalue weighted by Gasteiger charge is -2.46. The Kier molecular flexibility index (Phi) is 15.6. The molecule has 45 heavy (non-hydrogen) atoms. The van der Waals surface area contributed by atoms with Crippen molar-refractivity contribution in [2.24, 2.45) is 0 Å². The topological polar surface area (TPSA) is 51.1 Å². The number of hydrogen-bond donors (Lipinski definition) is 0. The van der Waals surface area contributed by atoms with Crippen molar-refractivity contribution in [3.8, 4) is 5.75 Å². The molecule has 4 rings (SSSR count). The molecule has 1 saturated heterocycles. The number of unbranched alkanes of at least 4 members (excludes halogenated alkanes) is 4. The van der Waals surface area contributed by atoms with Crippen LogP contribution in [0.5, 0.6) is 5.75 Å². The summed E-state index contributed by atoms with van der Waals surface area (Å²) in [6.45, 7) is 13.3. The molecule has 250 valence electrons. The van der Waals surface area contributed by atoms with Crippen LogP contribution in [0.1, 0.15) is 95.4 Å². The van der Waals surface area contributed by atoms with Crippen LogP contribution in [0.3, 0.4) is 0 Å². The Hall–Kier alpha value is -2.03. The minimum Gasteiger partial charge on any atom is -0.496 e. The van der Waals surface area contributed by atoms with E-state index in [9.17, 15) is 0 Å². The third-order valence-corrected chi connectivity index (χ3v) is 10.2. The fourth-order valence-electron chi connectivity index (χ4n) is 6.00. The average Bonchev–Trinajstić information content (AvgIpc) is 3.47.